The fourth-order valence-electron chi connectivity index (χ4n) is 4.04. The number of phosphoric acid groups is 1. The average molecular weight is 559 g/mol. The molecule has 9 N–H and O–H groups in total. The molecule has 1 aliphatic heterocycles. The van der Waals surface area contributed by atoms with Crippen LogP contribution < -0.4 is 22.5 Å². The smallest absolute Gasteiger partial charge is 0.469 e. The lowest BCUT2D eigenvalue weighted by Gasteiger charge is -2.18. The van der Waals surface area contributed by atoms with Crippen LogP contribution in [0.5, 0.6) is 0 Å². The van der Waals surface area contributed by atoms with Crippen LogP contribution in [-0.4, -0.2) is 66.9 Å². The molecule has 0 bridgehead atoms. The minimum Gasteiger partial charge on any atom is -0.480 e. The van der Waals surface area contributed by atoms with E-state index in [-0.39, 0.29) is 29.9 Å². The number of aliphatic hydroxyl groups is 1. The molecule has 1 fully saturated rings. The first-order valence-corrected chi connectivity index (χ1v) is 13.3. The van der Waals surface area contributed by atoms with Crippen molar-refractivity contribution < 1.29 is 43.0 Å². The minimum absolute atomic E-state index is 0.00187. The van der Waals surface area contributed by atoms with E-state index in [2.05, 4.69) is 14.8 Å². The lowest BCUT2D eigenvalue weighted by Crippen LogP contribution is -2.36. The third-order valence-electron chi connectivity index (χ3n) is 6.02. The second-order valence-corrected chi connectivity index (χ2v) is 10.1. The second kappa shape index (κ2) is 12.9. The Labute approximate surface area is 216 Å². The van der Waals surface area contributed by atoms with Gasteiger partial charge in [0, 0.05) is 30.3 Å². The average Bonchev–Trinajstić information content (AvgIpc) is 3.20. The molecule has 210 valence electrons. The summed E-state index contributed by atoms with van der Waals surface area (Å²) in [6.07, 6.45) is -0.667. The number of nitrogens with one attached hydrogen (secondary N) is 1. The van der Waals surface area contributed by atoms with Crippen LogP contribution in [0.2, 0.25) is 0 Å². The number of phosphoric ester groups is 1. The van der Waals surface area contributed by atoms with Crippen LogP contribution in [0.3, 0.4) is 0 Å². The number of nitrogens with zero attached hydrogens (tertiary/aromatic N) is 2. The first-order valence-electron chi connectivity index (χ1n) is 11.8. The fraction of sp³-hybridized carbons (Fsp3) is 0.500. The third kappa shape index (κ3) is 7.88. The number of rotatable bonds is 13. The Morgan fingerprint density at radius 2 is 2.08 bits per heavy atom. The summed E-state index contributed by atoms with van der Waals surface area (Å²) in [6.45, 7) is -0.0594. The van der Waals surface area contributed by atoms with Gasteiger partial charge in [-0.05, 0) is 37.1 Å². The van der Waals surface area contributed by atoms with Crippen LogP contribution in [-0.2, 0) is 25.2 Å². The molecule has 0 unspecified atom stereocenters. The number of nitrogen functional groups attached to an aromatic ring is 1. The number of unbranched alkanes of at least 4 members (excludes halogenated alkanes) is 1. The highest BCUT2D eigenvalue weighted by molar-refractivity contribution is 7.46. The molecule has 16 heteroatoms. The number of carbonyl (C=O) groups is 1. The maximum atomic E-state index is 14.9. The van der Waals surface area contributed by atoms with Gasteiger partial charge in [0.2, 0.25) is 0 Å². The number of halogens is 1. The Morgan fingerprint density at radius 1 is 1.34 bits per heavy atom. The van der Waals surface area contributed by atoms with Crippen LogP contribution in [0.15, 0.2) is 29.2 Å². The van der Waals surface area contributed by atoms with Crippen molar-refractivity contribution in [3.63, 3.8) is 0 Å². The Kier molecular flexibility index (Phi) is 10.1. The molecule has 0 amide bonds. The molecule has 0 aliphatic carbocycles. The predicted octanol–water partition coefficient (Wildman–Crippen LogP) is 0.0611. The van der Waals surface area contributed by atoms with Gasteiger partial charge in [-0.15, -0.1) is 0 Å². The van der Waals surface area contributed by atoms with E-state index in [1.165, 1.54) is 24.4 Å². The van der Waals surface area contributed by atoms with Gasteiger partial charge < -0.3 is 41.5 Å². The summed E-state index contributed by atoms with van der Waals surface area (Å²) >= 11 is 0. The maximum Gasteiger partial charge on any atom is 0.469 e. The van der Waals surface area contributed by atoms with Crippen molar-refractivity contribution in [2.75, 3.05) is 18.9 Å². The minimum atomic E-state index is -4.81. The standard InChI is InChI=1S/C22H31FN5O9P/c23-15-5-4-12(9-26-16(21(30)31)3-1-2-6-24)7-13(15)14-10-28(22(32)27-20(14)25)19-8-17(29)18(37-19)11-36-38(33,34)35/h4-5,7,10,16-19,26,29H,1-3,6,8-9,11,24H2,(H,30,31)(H2,25,27,32)(H2,33,34,35)/t16-,17-,18+,19+/m0/s1. The Hall–Kier alpha value is -2.75. The van der Waals surface area contributed by atoms with Gasteiger partial charge in [-0.1, -0.05) is 12.5 Å². The van der Waals surface area contributed by atoms with Gasteiger partial charge in [0.15, 0.2) is 0 Å². The van der Waals surface area contributed by atoms with E-state index in [9.17, 15) is 28.8 Å². The predicted molar refractivity (Wildman–Crippen MR) is 132 cm³/mol. The number of hydrogen-bond acceptors (Lipinski definition) is 10. The highest BCUT2D eigenvalue weighted by Crippen LogP contribution is 2.38. The van der Waals surface area contributed by atoms with Crippen molar-refractivity contribution >= 4 is 19.6 Å². The number of nitrogens with two attached hydrogens (primary N) is 2. The topological polar surface area (TPSA) is 232 Å². The molecule has 0 radical (unpaired) electrons. The van der Waals surface area contributed by atoms with Gasteiger partial charge in [-0.3, -0.25) is 13.9 Å². The first kappa shape index (κ1) is 29.8. The van der Waals surface area contributed by atoms with Crippen LogP contribution >= 0.6 is 7.82 Å². The van der Waals surface area contributed by atoms with Gasteiger partial charge in [-0.25, -0.2) is 13.8 Å². The number of aliphatic carboxylic acids is 1. The molecule has 1 saturated heterocycles. The highest BCUT2D eigenvalue weighted by Gasteiger charge is 2.37. The van der Waals surface area contributed by atoms with E-state index in [1.807, 2.05) is 0 Å². The van der Waals surface area contributed by atoms with Gasteiger partial charge in [-0.2, -0.15) is 4.98 Å². The van der Waals surface area contributed by atoms with E-state index >= 15 is 0 Å². The molecule has 3 rings (SSSR count). The summed E-state index contributed by atoms with van der Waals surface area (Å²) in [6, 6.07) is 3.28. The molecule has 0 spiro atoms. The largest absolute Gasteiger partial charge is 0.480 e. The van der Waals surface area contributed by atoms with Crippen molar-refractivity contribution in [2.45, 2.75) is 56.7 Å². The van der Waals surface area contributed by atoms with Crippen molar-refractivity contribution in [3.8, 4) is 11.1 Å². The van der Waals surface area contributed by atoms with Crippen molar-refractivity contribution in [1.29, 1.82) is 0 Å². The third-order valence-corrected chi connectivity index (χ3v) is 6.51. The molecule has 14 nitrogen and oxygen atoms in total. The molecular weight excluding hydrogens is 528 g/mol. The van der Waals surface area contributed by atoms with Gasteiger partial charge in [0.25, 0.3) is 0 Å². The van der Waals surface area contributed by atoms with Gasteiger partial charge in [0.1, 0.15) is 30.0 Å². The van der Waals surface area contributed by atoms with Gasteiger partial charge in [0.05, 0.1) is 12.7 Å². The van der Waals surface area contributed by atoms with E-state index < -0.39 is 56.4 Å². The Balaban J connectivity index is 1.82. The lowest BCUT2D eigenvalue weighted by atomic mass is 10.0. The number of aromatic nitrogens is 2. The summed E-state index contributed by atoms with van der Waals surface area (Å²) in [5.74, 6) is -1.96. The Morgan fingerprint density at radius 3 is 2.74 bits per heavy atom. The Bertz CT molecular complexity index is 1240. The lowest BCUT2D eigenvalue weighted by molar-refractivity contribution is -0.139. The molecule has 2 heterocycles. The van der Waals surface area contributed by atoms with E-state index in [0.717, 1.165) is 4.57 Å². The van der Waals surface area contributed by atoms with Crippen molar-refractivity contribution in [3.05, 3.63) is 46.3 Å². The zero-order valence-corrected chi connectivity index (χ0v) is 21.2. The molecule has 1 aromatic carbocycles. The number of anilines is 1. The monoisotopic (exact) mass is 559 g/mol. The van der Waals surface area contributed by atoms with E-state index in [0.29, 0.717) is 31.4 Å². The number of hydrogen-bond donors (Lipinski definition) is 7. The van der Waals surface area contributed by atoms with Crippen molar-refractivity contribution in [1.82, 2.24) is 14.9 Å². The number of carboxylic acid groups (broad SMARTS) is 1. The highest BCUT2D eigenvalue weighted by atomic mass is 31.2. The molecular formula is C22H31FN5O9P. The summed E-state index contributed by atoms with van der Waals surface area (Å²) in [4.78, 5) is 45.6. The normalized spacial score (nSPS) is 20.5. The summed E-state index contributed by atoms with van der Waals surface area (Å²) in [7, 11) is -4.81. The van der Waals surface area contributed by atoms with Crippen LogP contribution in [0, 0.1) is 5.82 Å². The first-order chi connectivity index (χ1) is 17.9. The van der Waals surface area contributed by atoms with E-state index in [4.69, 9.17) is 26.0 Å². The summed E-state index contributed by atoms with van der Waals surface area (Å²) in [5, 5.41) is 22.6. The number of ether oxygens (including phenoxy) is 1. The second-order valence-electron chi connectivity index (χ2n) is 8.82. The number of carboxylic acids is 1. The zero-order valence-electron chi connectivity index (χ0n) is 20.3. The molecule has 38 heavy (non-hydrogen) atoms. The molecule has 1 aromatic heterocycles. The van der Waals surface area contributed by atoms with Crippen LogP contribution in [0.25, 0.3) is 11.1 Å². The SMILES string of the molecule is NCCCC[C@H](NCc1ccc(F)c(-c2cn([C@H]3C[C@H](O)[C@@H](COP(=O)(O)O)O3)c(=O)nc2N)c1)C(=O)O. The quantitative estimate of drug-likeness (QED) is 0.127. The van der Waals surface area contributed by atoms with Crippen LogP contribution in [0.4, 0.5) is 10.2 Å². The van der Waals surface area contributed by atoms with Crippen LogP contribution in [0.1, 0.15) is 37.5 Å². The molecule has 0 saturated carbocycles. The molecule has 4 atom stereocenters. The molecule has 2 aromatic rings. The van der Waals surface area contributed by atoms with E-state index in [1.54, 1.807) is 0 Å². The summed E-state index contributed by atoms with van der Waals surface area (Å²) in [5.41, 5.74) is 11.1. The number of aliphatic hydroxyl groups excluding tert-OH is 1. The summed E-state index contributed by atoms with van der Waals surface area (Å²) < 4.78 is 36.7. The molecule has 1 aliphatic rings. The maximum absolute atomic E-state index is 14.9. The number of benzene rings is 1. The van der Waals surface area contributed by atoms with Gasteiger partial charge >= 0.3 is 19.5 Å². The fourth-order valence-corrected chi connectivity index (χ4v) is 4.38. The zero-order chi connectivity index (χ0) is 28.0. The van der Waals surface area contributed by atoms with Crippen molar-refractivity contribution in [2.24, 2.45) is 5.73 Å².